The molecular formula is C28H13F. The molecule has 0 bridgehead atoms. The van der Waals surface area contributed by atoms with E-state index in [2.05, 4.69) is 60.7 Å². The van der Waals surface area contributed by atoms with E-state index in [1.54, 1.807) is 12.1 Å². The summed E-state index contributed by atoms with van der Waals surface area (Å²) in [5.74, 6) is -0.185. The first-order valence-electron chi connectivity index (χ1n) is 9.98. The predicted octanol–water partition coefficient (Wildman–Crippen LogP) is 8.21. The van der Waals surface area contributed by atoms with Gasteiger partial charge in [-0.2, -0.15) is 0 Å². The number of hydrogen-bond donors (Lipinski definition) is 0. The lowest BCUT2D eigenvalue weighted by Gasteiger charge is -2.13. The summed E-state index contributed by atoms with van der Waals surface area (Å²) in [6, 6.07) is 27.3. The average molecular weight is 368 g/mol. The van der Waals surface area contributed by atoms with E-state index in [1.807, 2.05) is 6.07 Å². The van der Waals surface area contributed by atoms with Gasteiger partial charge in [-0.05, 0) is 87.5 Å². The minimum absolute atomic E-state index is 0.185. The lowest BCUT2D eigenvalue weighted by Crippen LogP contribution is -1.85. The maximum absolute atomic E-state index is 14.2. The second-order valence-electron chi connectivity index (χ2n) is 8.26. The highest BCUT2D eigenvalue weighted by Gasteiger charge is 2.22. The van der Waals surface area contributed by atoms with Crippen molar-refractivity contribution >= 4 is 75.4 Å². The van der Waals surface area contributed by atoms with Gasteiger partial charge in [-0.25, -0.2) is 4.39 Å². The van der Waals surface area contributed by atoms with Crippen molar-refractivity contribution in [2.75, 3.05) is 0 Å². The summed E-state index contributed by atoms with van der Waals surface area (Å²) in [6.45, 7) is 0. The Morgan fingerprint density at radius 1 is 0.345 bits per heavy atom. The van der Waals surface area contributed by atoms with Gasteiger partial charge in [-0.3, -0.25) is 0 Å². The van der Waals surface area contributed by atoms with E-state index in [0.717, 1.165) is 16.2 Å². The molecule has 0 spiro atoms. The lowest BCUT2D eigenvalue weighted by atomic mass is 9.90. The molecule has 8 aromatic rings. The Hall–Kier alpha value is -3.71. The van der Waals surface area contributed by atoms with Crippen molar-refractivity contribution in [2.45, 2.75) is 0 Å². The topological polar surface area (TPSA) is 0 Å². The Labute approximate surface area is 164 Å². The molecule has 0 aromatic heterocycles. The van der Waals surface area contributed by atoms with Gasteiger partial charge >= 0.3 is 0 Å². The van der Waals surface area contributed by atoms with Crippen molar-refractivity contribution in [1.29, 1.82) is 0 Å². The third kappa shape index (κ3) is 1.48. The summed E-state index contributed by atoms with van der Waals surface area (Å²) in [7, 11) is 0. The Morgan fingerprint density at radius 3 is 1.48 bits per heavy atom. The summed E-state index contributed by atoms with van der Waals surface area (Å²) in [5, 5.41) is 17.6. The first-order chi connectivity index (χ1) is 14.3. The van der Waals surface area contributed by atoms with E-state index >= 15 is 0 Å². The second-order valence-corrected chi connectivity index (χ2v) is 8.26. The van der Waals surface area contributed by atoms with Crippen molar-refractivity contribution in [3.8, 4) is 0 Å². The molecule has 0 unspecified atom stereocenters. The van der Waals surface area contributed by atoms with Gasteiger partial charge in [0.1, 0.15) is 5.82 Å². The van der Waals surface area contributed by atoms with Gasteiger partial charge < -0.3 is 0 Å². The molecule has 0 fully saturated rings. The van der Waals surface area contributed by atoms with Crippen LogP contribution in [0.25, 0.3) is 75.4 Å². The molecule has 8 rings (SSSR count). The van der Waals surface area contributed by atoms with Crippen LogP contribution in [0.15, 0.2) is 78.9 Å². The fraction of sp³-hybridized carbons (Fsp3) is 0. The van der Waals surface area contributed by atoms with Crippen molar-refractivity contribution < 1.29 is 4.39 Å². The SMILES string of the molecule is Fc1ccc2ccc3c4ccc5ccc6ccc7ccc(c3c2c1)c1c7c6c5c41. The maximum Gasteiger partial charge on any atom is 0.123 e. The van der Waals surface area contributed by atoms with Crippen LogP contribution in [-0.4, -0.2) is 0 Å². The van der Waals surface area contributed by atoms with E-state index < -0.39 is 0 Å². The fourth-order valence-corrected chi connectivity index (χ4v) is 5.81. The monoisotopic (exact) mass is 368 g/mol. The molecule has 0 radical (unpaired) electrons. The maximum atomic E-state index is 14.2. The summed E-state index contributed by atoms with van der Waals surface area (Å²) in [5.41, 5.74) is 0. The van der Waals surface area contributed by atoms with Crippen LogP contribution in [0.3, 0.4) is 0 Å². The minimum atomic E-state index is -0.185. The third-order valence-electron chi connectivity index (χ3n) is 6.94. The van der Waals surface area contributed by atoms with E-state index in [9.17, 15) is 4.39 Å². The van der Waals surface area contributed by atoms with E-state index in [0.29, 0.717) is 0 Å². The van der Waals surface area contributed by atoms with Gasteiger partial charge in [0.05, 0.1) is 0 Å². The Bertz CT molecular complexity index is 1900. The molecule has 132 valence electrons. The van der Waals surface area contributed by atoms with Crippen LogP contribution in [-0.2, 0) is 0 Å². The van der Waals surface area contributed by atoms with Crippen molar-refractivity contribution in [3.63, 3.8) is 0 Å². The van der Waals surface area contributed by atoms with Crippen molar-refractivity contribution in [1.82, 2.24) is 0 Å². The lowest BCUT2D eigenvalue weighted by molar-refractivity contribution is 0.630. The van der Waals surface area contributed by atoms with Gasteiger partial charge in [0.25, 0.3) is 0 Å². The number of hydrogen-bond acceptors (Lipinski definition) is 0. The number of fused-ring (bicyclic) bond motifs is 5. The molecular weight excluding hydrogens is 355 g/mol. The smallest absolute Gasteiger partial charge is 0.123 e. The molecule has 0 aliphatic heterocycles. The zero-order valence-corrected chi connectivity index (χ0v) is 15.4. The first-order valence-corrected chi connectivity index (χ1v) is 9.98. The zero-order chi connectivity index (χ0) is 18.9. The van der Waals surface area contributed by atoms with E-state index in [4.69, 9.17) is 0 Å². The van der Waals surface area contributed by atoms with Crippen LogP contribution in [0.4, 0.5) is 4.39 Å². The fourth-order valence-electron chi connectivity index (χ4n) is 5.81. The van der Waals surface area contributed by atoms with Gasteiger partial charge in [0, 0.05) is 0 Å². The highest BCUT2D eigenvalue weighted by molar-refractivity contribution is 6.49. The highest BCUT2D eigenvalue weighted by atomic mass is 19.1. The van der Waals surface area contributed by atoms with Crippen LogP contribution in [0.1, 0.15) is 0 Å². The van der Waals surface area contributed by atoms with E-state index in [1.165, 1.54) is 59.2 Å². The van der Waals surface area contributed by atoms with Gasteiger partial charge in [-0.15, -0.1) is 0 Å². The summed E-state index contributed by atoms with van der Waals surface area (Å²) >= 11 is 0. The minimum Gasteiger partial charge on any atom is -0.207 e. The Kier molecular flexibility index (Phi) is 2.21. The second kappa shape index (κ2) is 4.47. The predicted molar refractivity (Wildman–Crippen MR) is 123 cm³/mol. The zero-order valence-electron chi connectivity index (χ0n) is 15.4. The largest absolute Gasteiger partial charge is 0.207 e. The van der Waals surface area contributed by atoms with Gasteiger partial charge in [0.2, 0.25) is 0 Å². The summed E-state index contributed by atoms with van der Waals surface area (Å²) < 4.78 is 14.2. The van der Waals surface area contributed by atoms with Crippen molar-refractivity contribution in [3.05, 3.63) is 84.7 Å². The molecule has 0 atom stereocenters. The highest BCUT2D eigenvalue weighted by Crippen LogP contribution is 2.51. The Balaban J connectivity index is 1.87. The average Bonchev–Trinajstić information content (AvgIpc) is 3.12. The summed E-state index contributed by atoms with van der Waals surface area (Å²) in [4.78, 5) is 0. The molecule has 8 aromatic carbocycles. The number of rotatable bonds is 0. The summed E-state index contributed by atoms with van der Waals surface area (Å²) in [6.07, 6.45) is 0. The molecule has 0 aliphatic carbocycles. The molecule has 0 heterocycles. The van der Waals surface area contributed by atoms with E-state index in [-0.39, 0.29) is 5.82 Å². The Morgan fingerprint density at radius 2 is 0.793 bits per heavy atom. The first kappa shape index (κ1) is 14.3. The third-order valence-corrected chi connectivity index (χ3v) is 6.94. The molecule has 0 saturated carbocycles. The van der Waals surface area contributed by atoms with Crippen LogP contribution >= 0.6 is 0 Å². The van der Waals surface area contributed by atoms with Crippen LogP contribution < -0.4 is 0 Å². The van der Waals surface area contributed by atoms with Crippen LogP contribution in [0.5, 0.6) is 0 Å². The normalized spacial score (nSPS) is 13.0. The molecule has 0 nitrogen and oxygen atoms in total. The van der Waals surface area contributed by atoms with Gasteiger partial charge in [0.15, 0.2) is 0 Å². The molecule has 1 heteroatoms. The molecule has 29 heavy (non-hydrogen) atoms. The molecule has 0 saturated heterocycles. The van der Waals surface area contributed by atoms with Crippen LogP contribution in [0, 0.1) is 5.82 Å². The van der Waals surface area contributed by atoms with Crippen molar-refractivity contribution in [2.24, 2.45) is 0 Å². The molecule has 0 aliphatic rings. The molecule has 0 N–H and O–H groups in total. The number of halogens is 1. The van der Waals surface area contributed by atoms with Crippen LogP contribution in [0.2, 0.25) is 0 Å². The quantitative estimate of drug-likeness (QED) is 0.237. The standard InChI is InChI=1S/C28H13F/c29-18-9-5-14-6-10-19-20-11-7-16-3-1-15-2-4-17-8-12-21(26(19)22(14)13-18)28-25(17)23(15)24(16)27(20)28/h1-13H. The molecule has 0 amide bonds. The van der Waals surface area contributed by atoms with Gasteiger partial charge in [-0.1, -0.05) is 66.7 Å². The number of benzene rings is 7.